The highest BCUT2D eigenvalue weighted by atomic mass is 35.5. The van der Waals surface area contributed by atoms with Gasteiger partial charge in [0, 0.05) is 11.8 Å². The van der Waals surface area contributed by atoms with Crippen LogP contribution in [0.15, 0.2) is 42.5 Å². The molecule has 0 saturated carbocycles. The molecule has 0 fully saturated rings. The van der Waals surface area contributed by atoms with E-state index in [1.807, 2.05) is 6.07 Å². The minimum atomic E-state index is -0.682. The first-order valence-corrected chi connectivity index (χ1v) is 8.17. The first-order valence-electron chi connectivity index (χ1n) is 7.79. The Hall–Kier alpha value is -3.50. The van der Waals surface area contributed by atoms with Crippen molar-refractivity contribution in [3.8, 4) is 17.6 Å². The number of nitrogens with one attached hydrogen (secondary N) is 1. The van der Waals surface area contributed by atoms with Crippen molar-refractivity contribution in [3.63, 3.8) is 0 Å². The molecule has 7 nitrogen and oxygen atoms in total. The maximum Gasteiger partial charge on any atom is 0.331 e. The molecule has 0 radical (unpaired) electrons. The van der Waals surface area contributed by atoms with Gasteiger partial charge in [0.2, 0.25) is 6.79 Å². The van der Waals surface area contributed by atoms with Crippen molar-refractivity contribution in [1.29, 1.82) is 5.26 Å². The highest BCUT2D eigenvalue weighted by Crippen LogP contribution is 2.40. The molecule has 2 aromatic rings. The van der Waals surface area contributed by atoms with E-state index in [0.717, 1.165) is 0 Å². The highest BCUT2D eigenvalue weighted by Gasteiger charge is 2.17. The Morgan fingerprint density at radius 3 is 2.78 bits per heavy atom. The lowest BCUT2D eigenvalue weighted by Gasteiger charge is -2.05. The number of halogens is 1. The number of fused-ring (bicyclic) bond motifs is 1. The number of esters is 1. The average molecular weight is 385 g/mol. The molecule has 1 N–H and O–H groups in total. The maximum absolute atomic E-state index is 11.8. The fraction of sp³-hybridized carbons (Fsp3) is 0.105. The largest absolute Gasteiger partial charge is 0.454 e. The van der Waals surface area contributed by atoms with Crippen molar-refractivity contribution in [2.45, 2.75) is 0 Å². The Morgan fingerprint density at radius 2 is 2.04 bits per heavy atom. The molecule has 0 spiro atoms. The van der Waals surface area contributed by atoms with Crippen LogP contribution >= 0.6 is 11.6 Å². The Bertz CT molecular complexity index is 948. The molecule has 27 heavy (non-hydrogen) atoms. The lowest BCUT2D eigenvalue weighted by atomic mass is 10.2. The lowest BCUT2D eigenvalue weighted by molar-refractivity contribution is -0.142. The van der Waals surface area contributed by atoms with Crippen LogP contribution in [0, 0.1) is 11.3 Å². The number of amides is 1. The number of ether oxygens (including phenoxy) is 3. The number of anilines is 1. The van der Waals surface area contributed by atoms with Gasteiger partial charge in [-0.05, 0) is 48.0 Å². The number of carbonyl (C=O) groups excluding carboxylic acids is 2. The minimum absolute atomic E-state index is 0.0958. The Labute approximate surface area is 159 Å². The van der Waals surface area contributed by atoms with Crippen molar-refractivity contribution in [3.05, 3.63) is 58.6 Å². The third-order valence-corrected chi connectivity index (χ3v) is 3.79. The summed E-state index contributed by atoms with van der Waals surface area (Å²) in [6, 6.07) is 11.6. The average Bonchev–Trinajstić information content (AvgIpc) is 3.14. The minimum Gasteiger partial charge on any atom is -0.454 e. The summed E-state index contributed by atoms with van der Waals surface area (Å²) >= 11 is 6.06. The van der Waals surface area contributed by atoms with E-state index in [1.165, 1.54) is 12.2 Å². The van der Waals surface area contributed by atoms with Crippen LogP contribution < -0.4 is 14.8 Å². The maximum atomic E-state index is 11.8. The van der Waals surface area contributed by atoms with Gasteiger partial charge in [-0.1, -0.05) is 11.6 Å². The van der Waals surface area contributed by atoms with Crippen molar-refractivity contribution in [2.75, 3.05) is 18.7 Å². The fourth-order valence-corrected chi connectivity index (χ4v) is 2.53. The number of nitrogens with zero attached hydrogens (tertiary/aromatic N) is 1. The zero-order chi connectivity index (χ0) is 19.2. The molecular weight excluding hydrogens is 372 g/mol. The number of rotatable bonds is 5. The molecule has 0 aromatic heterocycles. The molecule has 0 unspecified atom stereocenters. The van der Waals surface area contributed by atoms with Crippen LogP contribution in [0.4, 0.5) is 5.69 Å². The number of nitriles is 1. The molecule has 0 bridgehead atoms. The van der Waals surface area contributed by atoms with Gasteiger partial charge < -0.3 is 19.5 Å². The van der Waals surface area contributed by atoms with E-state index in [0.29, 0.717) is 33.3 Å². The SMILES string of the molecule is N#Cc1ccc(NC(=O)COC(=O)/C=C/c2cc(Cl)c3c(c2)OCO3)cc1. The summed E-state index contributed by atoms with van der Waals surface area (Å²) in [4.78, 5) is 23.6. The molecule has 8 heteroatoms. The Balaban J connectivity index is 1.50. The van der Waals surface area contributed by atoms with Crippen LogP contribution in [-0.4, -0.2) is 25.3 Å². The molecule has 3 rings (SSSR count). The molecule has 0 atom stereocenters. The number of carbonyl (C=O) groups is 2. The van der Waals surface area contributed by atoms with E-state index in [4.69, 9.17) is 31.1 Å². The summed E-state index contributed by atoms with van der Waals surface area (Å²) in [5.74, 6) is -0.209. The molecular formula is C19H13ClN2O5. The Kier molecular flexibility index (Phi) is 5.59. The smallest absolute Gasteiger partial charge is 0.331 e. The van der Waals surface area contributed by atoms with Gasteiger partial charge in [-0.3, -0.25) is 4.79 Å². The Morgan fingerprint density at radius 1 is 1.26 bits per heavy atom. The monoisotopic (exact) mass is 384 g/mol. The van der Waals surface area contributed by atoms with Gasteiger partial charge in [-0.2, -0.15) is 5.26 Å². The van der Waals surface area contributed by atoms with E-state index >= 15 is 0 Å². The normalized spacial score (nSPS) is 11.9. The van der Waals surface area contributed by atoms with Crippen molar-refractivity contribution < 1.29 is 23.8 Å². The second-order valence-corrected chi connectivity index (χ2v) is 5.82. The first-order chi connectivity index (χ1) is 13.0. The molecule has 1 aliphatic rings. The predicted octanol–water partition coefficient (Wildman–Crippen LogP) is 3.14. The third kappa shape index (κ3) is 4.77. The van der Waals surface area contributed by atoms with Crippen LogP contribution in [0.25, 0.3) is 6.08 Å². The summed E-state index contributed by atoms with van der Waals surface area (Å²) in [6.07, 6.45) is 2.68. The van der Waals surface area contributed by atoms with E-state index < -0.39 is 18.5 Å². The first kappa shape index (κ1) is 18.3. The summed E-state index contributed by atoms with van der Waals surface area (Å²) in [5, 5.41) is 11.7. The fourth-order valence-electron chi connectivity index (χ4n) is 2.26. The standard InChI is InChI=1S/C19H13ClN2O5/c20-15-7-13(8-16-19(15)27-11-26-16)3-6-18(24)25-10-17(23)22-14-4-1-12(9-21)2-5-14/h1-8H,10-11H2,(H,22,23)/b6-3+. The van der Waals surface area contributed by atoms with E-state index in [2.05, 4.69) is 5.32 Å². The molecule has 1 heterocycles. The molecule has 1 amide bonds. The molecule has 1 aliphatic heterocycles. The number of hydrogen-bond acceptors (Lipinski definition) is 6. The van der Waals surface area contributed by atoms with Crippen LogP contribution in [0.1, 0.15) is 11.1 Å². The third-order valence-electron chi connectivity index (χ3n) is 3.50. The molecule has 0 aliphatic carbocycles. The van der Waals surface area contributed by atoms with E-state index in [1.54, 1.807) is 36.4 Å². The quantitative estimate of drug-likeness (QED) is 0.628. The van der Waals surface area contributed by atoms with Gasteiger partial charge in [-0.15, -0.1) is 0 Å². The van der Waals surface area contributed by atoms with Gasteiger partial charge in [0.25, 0.3) is 5.91 Å². The molecule has 0 saturated heterocycles. The topological polar surface area (TPSA) is 97.7 Å². The van der Waals surface area contributed by atoms with E-state index in [-0.39, 0.29) is 6.79 Å². The van der Waals surface area contributed by atoms with Gasteiger partial charge in [0.15, 0.2) is 18.1 Å². The van der Waals surface area contributed by atoms with Crippen LogP contribution in [0.2, 0.25) is 5.02 Å². The van der Waals surface area contributed by atoms with E-state index in [9.17, 15) is 9.59 Å². The highest BCUT2D eigenvalue weighted by molar-refractivity contribution is 6.32. The second-order valence-electron chi connectivity index (χ2n) is 5.41. The van der Waals surface area contributed by atoms with Gasteiger partial charge >= 0.3 is 5.97 Å². The number of hydrogen-bond donors (Lipinski definition) is 1. The lowest BCUT2D eigenvalue weighted by Crippen LogP contribution is -2.20. The second kappa shape index (κ2) is 8.25. The zero-order valence-electron chi connectivity index (χ0n) is 13.9. The molecule has 136 valence electrons. The van der Waals surface area contributed by atoms with Crippen LogP contribution in [-0.2, 0) is 14.3 Å². The predicted molar refractivity (Wildman–Crippen MR) is 97.4 cm³/mol. The summed E-state index contributed by atoms with van der Waals surface area (Å²) in [6.45, 7) is -0.344. The van der Waals surface area contributed by atoms with Gasteiger partial charge in [0.1, 0.15) is 0 Å². The van der Waals surface area contributed by atoms with Crippen molar-refractivity contribution in [1.82, 2.24) is 0 Å². The molecule has 2 aromatic carbocycles. The van der Waals surface area contributed by atoms with Crippen molar-refractivity contribution >= 4 is 35.2 Å². The van der Waals surface area contributed by atoms with Crippen LogP contribution in [0.5, 0.6) is 11.5 Å². The zero-order valence-corrected chi connectivity index (χ0v) is 14.7. The van der Waals surface area contributed by atoms with Crippen LogP contribution in [0.3, 0.4) is 0 Å². The summed E-state index contributed by atoms with van der Waals surface area (Å²) in [5.41, 5.74) is 1.61. The summed E-state index contributed by atoms with van der Waals surface area (Å²) in [7, 11) is 0. The van der Waals surface area contributed by atoms with Gasteiger partial charge in [0.05, 0.1) is 16.7 Å². The summed E-state index contributed by atoms with van der Waals surface area (Å²) < 4.78 is 15.3. The van der Waals surface area contributed by atoms with Crippen molar-refractivity contribution in [2.24, 2.45) is 0 Å². The number of benzene rings is 2. The van der Waals surface area contributed by atoms with Gasteiger partial charge in [-0.25, -0.2) is 4.79 Å².